The Morgan fingerprint density at radius 1 is 1.23 bits per heavy atom. The zero-order valence-corrected chi connectivity index (χ0v) is 12.3. The van der Waals surface area contributed by atoms with Crippen LogP contribution in [0.2, 0.25) is 0 Å². The third-order valence-electron chi connectivity index (χ3n) is 3.11. The van der Waals surface area contributed by atoms with E-state index in [1.807, 2.05) is 6.08 Å². The van der Waals surface area contributed by atoms with Gasteiger partial charge in [0, 0.05) is 11.8 Å². The van der Waals surface area contributed by atoms with E-state index < -0.39 is 11.6 Å². The largest absolute Gasteiger partial charge is 0.299 e. The Morgan fingerprint density at radius 3 is 2.59 bits per heavy atom. The summed E-state index contributed by atoms with van der Waals surface area (Å²) in [5.74, 6) is 3.72. The third-order valence-corrected chi connectivity index (χ3v) is 3.11. The number of unbranched alkanes of at least 4 members (excludes halogenated alkanes) is 2. The molecule has 0 atom stereocenters. The highest BCUT2D eigenvalue weighted by molar-refractivity contribution is 6.13. The van der Waals surface area contributed by atoms with Crippen LogP contribution < -0.4 is 0 Å². The van der Waals surface area contributed by atoms with Crippen LogP contribution in [0.5, 0.6) is 0 Å². The Hall–Kier alpha value is -2.54. The molecule has 0 fully saturated rings. The molecule has 0 spiro atoms. The molecule has 0 saturated heterocycles. The van der Waals surface area contributed by atoms with E-state index in [2.05, 4.69) is 23.8 Å². The normalized spacial score (nSPS) is 15.5. The maximum Gasteiger partial charge on any atom is 0.141 e. The molecule has 0 aromatic heterocycles. The summed E-state index contributed by atoms with van der Waals surface area (Å²) in [5.41, 5.74) is 1.06. The van der Waals surface area contributed by atoms with Gasteiger partial charge >= 0.3 is 0 Å². The summed E-state index contributed by atoms with van der Waals surface area (Å²) in [6.07, 6.45) is 8.00. The van der Waals surface area contributed by atoms with Crippen molar-refractivity contribution in [1.29, 1.82) is 5.41 Å². The number of hydrogen-bond acceptors (Lipinski definition) is 2. The van der Waals surface area contributed by atoms with Gasteiger partial charge in [0.05, 0.1) is 17.0 Å². The molecule has 0 unspecified atom stereocenters. The van der Waals surface area contributed by atoms with Crippen LogP contribution in [0.15, 0.2) is 46.6 Å². The highest BCUT2D eigenvalue weighted by atomic mass is 19.1. The lowest BCUT2D eigenvalue weighted by molar-refractivity contribution is 0.577. The van der Waals surface area contributed by atoms with Crippen LogP contribution in [0.25, 0.3) is 0 Å². The highest BCUT2D eigenvalue weighted by Crippen LogP contribution is 2.13. The van der Waals surface area contributed by atoms with Crippen molar-refractivity contribution in [1.82, 2.24) is 0 Å². The number of rotatable bonds is 3. The third kappa shape index (κ3) is 3.98. The molecule has 2 nitrogen and oxygen atoms in total. The van der Waals surface area contributed by atoms with Gasteiger partial charge in [0.2, 0.25) is 0 Å². The molecule has 22 heavy (non-hydrogen) atoms. The molecular formula is C18H16F2N2. The SMILES string of the molecule is CCCC/C=C1/N=CC(C#Cc2c(F)cccc2F)=CC1=N. The van der Waals surface area contributed by atoms with Crippen LogP contribution in [0.4, 0.5) is 8.78 Å². The minimum Gasteiger partial charge on any atom is -0.299 e. The van der Waals surface area contributed by atoms with Crippen LogP contribution in [0.3, 0.4) is 0 Å². The van der Waals surface area contributed by atoms with Crippen LogP contribution in [-0.4, -0.2) is 11.9 Å². The van der Waals surface area contributed by atoms with E-state index in [1.165, 1.54) is 12.3 Å². The maximum absolute atomic E-state index is 13.5. The summed E-state index contributed by atoms with van der Waals surface area (Å²) in [6.45, 7) is 2.10. The number of dihydropyridines is 1. The van der Waals surface area contributed by atoms with Crippen LogP contribution in [0.1, 0.15) is 31.7 Å². The fraction of sp³-hybridized carbons (Fsp3) is 0.222. The first kappa shape index (κ1) is 15.8. The number of allylic oxidation sites excluding steroid dienone is 3. The number of nitrogens with one attached hydrogen (secondary N) is 1. The van der Waals surface area contributed by atoms with E-state index in [0.717, 1.165) is 31.4 Å². The Labute approximate surface area is 128 Å². The molecule has 1 aliphatic heterocycles. The monoisotopic (exact) mass is 298 g/mol. The molecule has 0 radical (unpaired) electrons. The predicted molar refractivity (Wildman–Crippen MR) is 85.1 cm³/mol. The Bertz CT molecular complexity index is 711. The van der Waals surface area contributed by atoms with E-state index in [9.17, 15) is 8.78 Å². The summed E-state index contributed by atoms with van der Waals surface area (Å²) in [6, 6.07) is 3.61. The number of nitrogens with zero attached hydrogens (tertiary/aromatic N) is 1. The molecular weight excluding hydrogens is 282 g/mol. The van der Waals surface area contributed by atoms with Gasteiger partial charge in [-0.05, 0) is 31.1 Å². The van der Waals surface area contributed by atoms with E-state index in [1.54, 1.807) is 6.08 Å². The first-order chi connectivity index (χ1) is 10.6. The van der Waals surface area contributed by atoms with Gasteiger partial charge in [0.25, 0.3) is 0 Å². The van der Waals surface area contributed by atoms with Crippen LogP contribution in [0, 0.1) is 28.9 Å². The maximum atomic E-state index is 13.5. The molecule has 1 aromatic carbocycles. The van der Waals surface area contributed by atoms with Crippen molar-refractivity contribution >= 4 is 11.9 Å². The van der Waals surface area contributed by atoms with E-state index in [0.29, 0.717) is 11.3 Å². The van der Waals surface area contributed by atoms with Gasteiger partial charge in [-0.2, -0.15) is 0 Å². The smallest absolute Gasteiger partial charge is 0.141 e. The molecule has 1 N–H and O–H groups in total. The summed E-state index contributed by atoms with van der Waals surface area (Å²) in [5, 5.41) is 7.91. The molecule has 4 heteroatoms. The van der Waals surface area contributed by atoms with Crippen molar-refractivity contribution in [2.24, 2.45) is 4.99 Å². The average Bonchev–Trinajstić information content (AvgIpc) is 2.49. The molecule has 0 amide bonds. The molecule has 2 rings (SSSR count). The van der Waals surface area contributed by atoms with E-state index >= 15 is 0 Å². The molecule has 0 aliphatic carbocycles. The van der Waals surface area contributed by atoms with Crippen molar-refractivity contribution < 1.29 is 8.78 Å². The van der Waals surface area contributed by atoms with Gasteiger partial charge in [0.15, 0.2) is 0 Å². The van der Waals surface area contributed by atoms with Crippen molar-refractivity contribution in [2.75, 3.05) is 0 Å². The van der Waals surface area contributed by atoms with Gasteiger partial charge in [-0.1, -0.05) is 37.3 Å². The summed E-state index contributed by atoms with van der Waals surface area (Å²) in [4.78, 5) is 4.17. The van der Waals surface area contributed by atoms with Crippen molar-refractivity contribution in [3.63, 3.8) is 0 Å². The zero-order chi connectivity index (χ0) is 15.9. The molecule has 0 bridgehead atoms. The molecule has 1 aliphatic rings. The Kier molecular flexibility index (Phi) is 5.37. The second-order valence-corrected chi connectivity index (χ2v) is 4.85. The second-order valence-electron chi connectivity index (χ2n) is 4.85. The van der Waals surface area contributed by atoms with Gasteiger partial charge < -0.3 is 0 Å². The lowest BCUT2D eigenvalue weighted by atomic mass is 10.1. The number of aliphatic imine (C=N–C) groups is 1. The first-order valence-corrected chi connectivity index (χ1v) is 7.12. The molecule has 0 saturated carbocycles. The lowest BCUT2D eigenvalue weighted by Gasteiger charge is -2.06. The summed E-state index contributed by atoms with van der Waals surface area (Å²) < 4.78 is 26.9. The number of benzene rings is 1. The second kappa shape index (κ2) is 7.46. The molecule has 112 valence electrons. The number of hydrogen-bond donors (Lipinski definition) is 1. The highest BCUT2D eigenvalue weighted by Gasteiger charge is 2.08. The van der Waals surface area contributed by atoms with Gasteiger partial charge in [0.1, 0.15) is 11.6 Å². The standard InChI is InChI=1S/C18H16F2N2/c1-2-3-4-8-18-17(21)11-13(12-22-18)9-10-14-15(19)6-5-7-16(14)20/h5-8,11-12,21H,2-4H2,1H3/b18-8+,21-17?. The minimum atomic E-state index is -0.698. The van der Waals surface area contributed by atoms with Crippen LogP contribution >= 0.6 is 0 Å². The van der Waals surface area contributed by atoms with E-state index in [4.69, 9.17) is 5.41 Å². The number of halogens is 2. The van der Waals surface area contributed by atoms with Crippen molar-refractivity contribution in [2.45, 2.75) is 26.2 Å². The van der Waals surface area contributed by atoms with Crippen molar-refractivity contribution in [3.8, 4) is 11.8 Å². The topological polar surface area (TPSA) is 36.2 Å². The summed E-state index contributed by atoms with van der Waals surface area (Å²) >= 11 is 0. The lowest BCUT2D eigenvalue weighted by Crippen LogP contribution is -2.03. The Balaban J connectivity index is 2.16. The minimum absolute atomic E-state index is 0.261. The molecule has 1 aromatic rings. The fourth-order valence-corrected chi connectivity index (χ4v) is 1.90. The average molecular weight is 298 g/mol. The zero-order valence-electron chi connectivity index (χ0n) is 12.3. The summed E-state index contributed by atoms with van der Waals surface area (Å²) in [7, 11) is 0. The van der Waals surface area contributed by atoms with Gasteiger partial charge in [-0.3, -0.25) is 10.4 Å². The predicted octanol–water partition coefficient (Wildman–Crippen LogP) is 4.42. The van der Waals surface area contributed by atoms with Gasteiger partial charge in [-0.15, -0.1) is 0 Å². The van der Waals surface area contributed by atoms with E-state index in [-0.39, 0.29) is 11.3 Å². The molecule has 1 heterocycles. The Morgan fingerprint density at radius 2 is 1.95 bits per heavy atom. The van der Waals surface area contributed by atoms with Crippen LogP contribution in [-0.2, 0) is 0 Å². The first-order valence-electron chi connectivity index (χ1n) is 7.12. The van der Waals surface area contributed by atoms with Crippen molar-refractivity contribution in [3.05, 3.63) is 58.8 Å². The quantitative estimate of drug-likeness (QED) is 0.633. The van der Waals surface area contributed by atoms with Gasteiger partial charge in [-0.25, -0.2) is 8.78 Å². The fourth-order valence-electron chi connectivity index (χ4n) is 1.90.